The number of esters is 1. The molecule has 1 saturated heterocycles. The van der Waals surface area contributed by atoms with Crippen LogP contribution in [0.25, 0.3) is 5.76 Å². The van der Waals surface area contributed by atoms with Crippen molar-refractivity contribution < 1.29 is 33.7 Å². The lowest BCUT2D eigenvalue weighted by Gasteiger charge is -2.25. The van der Waals surface area contributed by atoms with Gasteiger partial charge in [0.1, 0.15) is 17.3 Å². The number of ether oxygens (including phenoxy) is 3. The van der Waals surface area contributed by atoms with Crippen LogP contribution in [0.5, 0.6) is 11.5 Å². The largest absolute Gasteiger partial charge is 0.507 e. The fourth-order valence-corrected chi connectivity index (χ4v) is 4.33. The number of methoxy groups -OCH3 is 2. The van der Waals surface area contributed by atoms with Crippen molar-refractivity contribution in [3.63, 3.8) is 0 Å². The third-order valence-electron chi connectivity index (χ3n) is 6.17. The SMILES string of the molecule is COC(=O)Cc1ccc(N2C(=O)C(=O)/C(=C(/O)c3ccc(OC(C)C)cc3)C2c2ccc(OC)cc2)cc1. The van der Waals surface area contributed by atoms with E-state index in [-0.39, 0.29) is 29.8 Å². The van der Waals surface area contributed by atoms with Crippen LogP contribution in [0, 0.1) is 0 Å². The highest BCUT2D eigenvalue weighted by Crippen LogP contribution is 2.42. The molecule has 1 aliphatic heterocycles. The Balaban J connectivity index is 1.80. The molecule has 196 valence electrons. The highest BCUT2D eigenvalue weighted by Gasteiger charge is 2.47. The Bertz CT molecular complexity index is 1360. The molecule has 1 fully saturated rings. The van der Waals surface area contributed by atoms with Crippen LogP contribution in [0.15, 0.2) is 78.4 Å². The van der Waals surface area contributed by atoms with E-state index in [1.165, 1.54) is 12.0 Å². The number of rotatable bonds is 8. The standard InChI is InChI=1S/C30H29NO7/c1-18(2)38-24-15-9-21(10-16-24)28(33)26-27(20-7-13-23(36-3)14-8-20)31(30(35)29(26)34)22-11-5-19(6-12-22)17-25(32)37-4/h5-16,18,27,33H,17H2,1-4H3/b28-26+. The molecule has 3 aromatic carbocycles. The number of ketones is 1. The summed E-state index contributed by atoms with van der Waals surface area (Å²) >= 11 is 0. The Morgan fingerprint density at radius 1 is 0.895 bits per heavy atom. The number of anilines is 1. The molecule has 8 heteroatoms. The zero-order valence-corrected chi connectivity index (χ0v) is 21.6. The third-order valence-corrected chi connectivity index (χ3v) is 6.17. The van der Waals surface area contributed by atoms with E-state index in [0.29, 0.717) is 33.9 Å². The van der Waals surface area contributed by atoms with Gasteiger partial charge in [-0.1, -0.05) is 24.3 Å². The Labute approximate surface area is 221 Å². The second kappa shape index (κ2) is 11.2. The average molecular weight is 516 g/mol. The van der Waals surface area contributed by atoms with Crippen molar-refractivity contribution in [3.05, 3.63) is 95.1 Å². The van der Waals surface area contributed by atoms with E-state index >= 15 is 0 Å². The summed E-state index contributed by atoms with van der Waals surface area (Å²) in [5.41, 5.74) is 2.11. The first-order valence-corrected chi connectivity index (χ1v) is 12.1. The molecule has 1 heterocycles. The van der Waals surface area contributed by atoms with Crippen molar-refractivity contribution in [2.75, 3.05) is 19.1 Å². The van der Waals surface area contributed by atoms with Crippen LogP contribution in [0.2, 0.25) is 0 Å². The smallest absolute Gasteiger partial charge is 0.309 e. The van der Waals surface area contributed by atoms with Crippen LogP contribution in [-0.2, 0) is 25.5 Å². The summed E-state index contributed by atoms with van der Waals surface area (Å²) in [5.74, 6) is -1.02. The Morgan fingerprint density at radius 2 is 1.50 bits per heavy atom. The van der Waals surface area contributed by atoms with Gasteiger partial charge in [-0.3, -0.25) is 19.3 Å². The van der Waals surface area contributed by atoms with E-state index in [1.807, 2.05) is 13.8 Å². The molecular weight excluding hydrogens is 486 g/mol. The number of carbonyl (C=O) groups is 3. The average Bonchev–Trinajstić information content (AvgIpc) is 3.18. The minimum Gasteiger partial charge on any atom is -0.507 e. The molecule has 1 unspecified atom stereocenters. The quantitative estimate of drug-likeness (QED) is 0.199. The first kappa shape index (κ1) is 26.5. The number of benzene rings is 3. The summed E-state index contributed by atoms with van der Waals surface area (Å²) in [5, 5.41) is 11.3. The van der Waals surface area contributed by atoms with Crippen molar-refractivity contribution >= 4 is 29.1 Å². The van der Waals surface area contributed by atoms with Crippen LogP contribution >= 0.6 is 0 Å². The van der Waals surface area contributed by atoms with Crippen LogP contribution in [-0.4, -0.2) is 43.1 Å². The fraction of sp³-hybridized carbons (Fsp3) is 0.233. The number of nitrogens with zero attached hydrogens (tertiary/aromatic N) is 1. The number of aliphatic hydroxyl groups excluding tert-OH is 1. The van der Waals surface area contributed by atoms with Gasteiger partial charge < -0.3 is 19.3 Å². The minimum atomic E-state index is -0.890. The Morgan fingerprint density at radius 3 is 2.05 bits per heavy atom. The summed E-state index contributed by atoms with van der Waals surface area (Å²) in [6.07, 6.45) is 0.0578. The van der Waals surface area contributed by atoms with Crippen molar-refractivity contribution in [3.8, 4) is 11.5 Å². The fourth-order valence-electron chi connectivity index (χ4n) is 4.33. The first-order valence-electron chi connectivity index (χ1n) is 12.1. The number of carbonyl (C=O) groups excluding carboxylic acids is 3. The molecule has 0 aromatic heterocycles. The van der Waals surface area contributed by atoms with Crippen LogP contribution in [0.1, 0.15) is 36.6 Å². The van der Waals surface area contributed by atoms with Gasteiger partial charge in [0.15, 0.2) is 0 Å². The van der Waals surface area contributed by atoms with Gasteiger partial charge in [0.2, 0.25) is 0 Å². The second-order valence-corrected chi connectivity index (χ2v) is 9.05. The zero-order chi connectivity index (χ0) is 27.4. The van der Waals surface area contributed by atoms with Crippen molar-refractivity contribution in [1.29, 1.82) is 0 Å². The molecular formula is C30H29NO7. The van der Waals surface area contributed by atoms with Gasteiger partial charge in [-0.25, -0.2) is 0 Å². The van der Waals surface area contributed by atoms with E-state index in [0.717, 1.165) is 0 Å². The van der Waals surface area contributed by atoms with E-state index in [1.54, 1.807) is 79.9 Å². The summed E-state index contributed by atoms with van der Waals surface area (Å²) < 4.78 is 15.7. The molecule has 1 amide bonds. The van der Waals surface area contributed by atoms with Gasteiger partial charge >= 0.3 is 5.97 Å². The molecule has 8 nitrogen and oxygen atoms in total. The number of amides is 1. The minimum absolute atomic E-state index is 0.0196. The monoisotopic (exact) mass is 515 g/mol. The summed E-state index contributed by atoms with van der Waals surface area (Å²) in [4.78, 5) is 39.7. The van der Waals surface area contributed by atoms with Gasteiger partial charge in [0.05, 0.1) is 38.4 Å². The topological polar surface area (TPSA) is 102 Å². The number of hydrogen-bond donors (Lipinski definition) is 1. The Kier molecular flexibility index (Phi) is 7.81. The lowest BCUT2D eigenvalue weighted by atomic mass is 9.95. The zero-order valence-electron chi connectivity index (χ0n) is 21.6. The molecule has 0 bridgehead atoms. The molecule has 3 aromatic rings. The maximum Gasteiger partial charge on any atom is 0.309 e. The van der Waals surface area contributed by atoms with E-state index in [4.69, 9.17) is 14.2 Å². The molecule has 0 saturated carbocycles. The molecule has 1 N–H and O–H groups in total. The predicted molar refractivity (Wildman–Crippen MR) is 142 cm³/mol. The molecule has 0 radical (unpaired) electrons. The van der Waals surface area contributed by atoms with Gasteiger partial charge in [-0.2, -0.15) is 0 Å². The van der Waals surface area contributed by atoms with Crippen LogP contribution in [0.3, 0.4) is 0 Å². The van der Waals surface area contributed by atoms with Crippen molar-refractivity contribution in [2.45, 2.75) is 32.4 Å². The van der Waals surface area contributed by atoms with Crippen LogP contribution in [0.4, 0.5) is 5.69 Å². The second-order valence-electron chi connectivity index (χ2n) is 9.05. The molecule has 1 atom stereocenters. The lowest BCUT2D eigenvalue weighted by Crippen LogP contribution is -2.29. The van der Waals surface area contributed by atoms with Gasteiger partial charge in [0.25, 0.3) is 11.7 Å². The molecule has 4 rings (SSSR count). The summed E-state index contributed by atoms with van der Waals surface area (Å²) in [7, 11) is 2.86. The summed E-state index contributed by atoms with van der Waals surface area (Å²) in [6.45, 7) is 3.82. The summed E-state index contributed by atoms with van der Waals surface area (Å²) in [6, 6.07) is 19.5. The number of hydrogen-bond acceptors (Lipinski definition) is 7. The molecule has 0 spiro atoms. The molecule has 0 aliphatic carbocycles. The first-order chi connectivity index (χ1) is 18.2. The number of aliphatic hydroxyl groups is 1. The van der Waals surface area contributed by atoms with Crippen molar-refractivity contribution in [1.82, 2.24) is 0 Å². The predicted octanol–water partition coefficient (Wildman–Crippen LogP) is 4.82. The molecule has 38 heavy (non-hydrogen) atoms. The van der Waals surface area contributed by atoms with Gasteiger partial charge in [-0.05, 0) is 73.5 Å². The normalized spacial score (nSPS) is 16.6. The maximum atomic E-state index is 13.4. The van der Waals surface area contributed by atoms with E-state index in [9.17, 15) is 19.5 Å². The van der Waals surface area contributed by atoms with Gasteiger partial charge in [0, 0.05) is 11.3 Å². The highest BCUT2D eigenvalue weighted by molar-refractivity contribution is 6.51. The lowest BCUT2D eigenvalue weighted by molar-refractivity contribution is -0.139. The van der Waals surface area contributed by atoms with E-state index in [2.05, 4.69) is 0 Å². The van der Waals surface area contributed by atoms with Gasteiger partial charge in [-0.15, -0.1) is 0 Å². The Hall–Kier alpha value is -4.59. The highest BCUT2D eigenvalue weighted by atomic mass is 16.5. The maximum absolute atomic E-state index is 13.4. The third kappa shape index (κ3) is 5.39. The van der Waals surface area contributed by atoms with Crippen molar-refractivity contribution in [2.24, 2.45) is 0 Å². The molecule has 1 aliphatic rings. The number of Topliss-reactive ketones (excluding diaryl/α,β-unsaturated/α-hetero) is 1. The van der Waals surface area contributed by atoms with E-state index < -0.39 is 17.7 Å². The van der Waals surface area contributed by atoms with Crippen LogP contribution < -0.4 is 14.4 Å².